The molecule has 4 aliphatic carbocycles. The second-order valence-electron chi connectivity index (χ2n) is 36.7. The molecule has 4 saturated carbocycles. The molecule has 0 aliphatic heterocycles. The van der Waals surface area contributed by atoms with E-state index in [-0.39, 0.29) is 54.4 Å². The lowest BCUT2D eigenvalue weighted by Gasteiger charge is -2.34. The first-order valence-corrected chi connectivity index (χ1v) is 46.8. The van der Waals surface area contributed by atoms with Crippen molar-refractivity contribution >= 4 is 109 Å². The number of halogens is 1. The minimum atomic E-state index is -0.562. The topological polar surface area (TPSA) is 530 Å². The average Bonchev–Trinajstić information content (AvgIpc) is 1.38. The van der Waals surface area contributed by atoms with Gasteiger partial charge < -0.3 is 108 Å². The highest BCUT2D eigenvalue weighted by Crippen LogP contribution is 2.37. The van der Waals surface area contributed by atoms with Gasteiger partial charge in [0.1, 0.15) is 51.7 Å². The van der Waals surface area contributed by atoms with Gasteiger partial charge in [0.05, 0.1) is 57.4 Å². The van der Waals surface area contributed by atoms with Gasteiger partial charge in [-0.25, -0.2) is 14.4 Å². The van der Waals surface area contributed by atoms with Gasteiger partial charge in [-0.15, -0.1) is 0 Å². The maximum absolute atomic E-state index is 12.4. The third-order valence-electron chi connectivity index (χ3n) is 22.5. The number of nitrogens with two attached hydrogens (primary N) is 4. The van der Waals surface area contributed by atoms with Crippen LogP contribution in [-0.2, 0) is 14.2 Å². The van der Waals surface area contributed by atoms with E-state index < -0.39 is 40.8 Å². The van der Waals surface area contributed by atoms with Crippen LogP contribution < -0.4 is 76.1 Å². The number of carbonyl (C=O) groups is 5. The predicted octanol–water partition coefficient (Wildman–Crippen LogP) is 22.0. The Morgan fingerprint density at radius 3 is 0.964 bits per heavy atom. The Balaban J connectivity index is 0.000000170. The fourth-order valence-electron chi connectivity index (χ4n) is 16.1. The molecule has 4 aromatic heterocycles. The lowest BCUT2D eigenvalue weighted by molar-refractivity contribution is -0.176. The molecule has 4 fully saturated rings. The zero-order valence-electron chi connectivity index (χ0n) is 78.9. The largest absolute Gasteiger partial charge is 0.444 e. The molecule has 8 aromatic carbocycles. The number of nitrogens with zero attached hydrogens (tertiary/aromatic N) is 6. The number of aromatic nitrogens is 4. The number of carbonyl (C=O) groups excluding carboxylic acids is 5. The van der Waals surface area contributed by atoms with E-state index in [1.807, 2.05) is 226 Å². The zero-order chi connectivity index (χ0) is 98.9. The van der Waals surface area contributed by atoms with Gasteiger partial charge in [0.25, 0.3) is 11.8 Å². The smallest absolute Gasteiger partial charge is 0.407 e. The number of hydrogen-bond acceptors (Lipinski definition) is 29. The van der Waals surface area contributed by atoms with Gasteiger partial charge in [-0.05, 0) is 202 Å². The van der Waals surface area contributed by atoms with E-state index in [2.05, 4.69) is 102 Å². The van der Waals surface area contributed by atoms with Gasteiger partial charge >= 0.3 is 18.3 Å². The highest BCUT2D eigenvalue weighted by molar-refractivity contribution is 9.10. The lowest BCUT2D eigenvalue weighted by Crippen LogP contribution is -2.49. The van der Waals surface area contributed by atoms with Crippen LogP contribution in [0.3, 0.4) is 0 Å². The molecule has 138 heavy (non-hydrogen) atoms. The van der Waals surface area contributed by atoms with Crippen LogP contribution in [0, 0.1) is 22.7 Å². The van der Waals surface area contributed by atoms with E-state index in [1.165, 1.54) is 6.42 Å². The number of nitrogen functional groups attached to an aromatic ring is 1. The summed E-state index contributed by atoms with van der Waals surface area (Å²) in [6.45, 7) is 16.7. The minimum absolute atomic E-state index is 0.00788. The molecule has 35 heteroatoms. The van der Waals surface area contributed by atoms with Gasteiger partial charge in [-0.3, -0.25) is 20.1 Å². The van der Waals surface area contributed by atoms with Gasteiger partial charge in [0, 0.05) is 104 Å². The third-order valence-corrected chi connectivity index (χ3v) is 23.2. The number of benzene rings is 8. The molecule has 34 nitrogen and oxygen atoms in total. The minimum Gasteiger partial charge on any atom is -0.444 e. The summed E-state index contributed by atoms with van der Waals surface area (Å²) in [6.07, 6.45) is 15.0. The Morgan fingerprint density at radius 1 is 0.370 bits per heavy atom. The Bertz CT molecular complexity index is 6030. The van der Waals surface area contributed by atoms with Crippen molar-refractivity contribution in [2.45, 2.75) is 230 Å². The second-order valence-corrected chi connectivity index (χ2v) is 37.5. The highest BCUT2D eigenvalue weighted by atomic mass is 79.9. The molecule has 12 aromatic rings. The van der Waals surface area contributed by atoms with Crippen molar-refractivity contribution in [3.8, 4) is 57.2 Å². The van der Waals surface area contributed by atoms with Crippen molar-refractivity contribution in [2.75, 3.05) is 43.0 Å². The Morgan fingerprint density at radius 2 is 0.652 bits per heavy atom. The predicted molar refractivity (Wildman–Crippen MR) is 538 cm³/mol. The van der Waals surface area contributed by atoms with Crippen molar-refractivity contribution in [1.82, 2.24) is 36.6 Å². The van der Waals surface area contributed by atoms with Crippen LogP contribution >= 0.6 is 15.9 Å². The van der Waals surface area contributed by atoms with Gasteiger partial charge in [-0.1, -0.05) is 193 Å². The number of ether oxygens (including phenoxy) is 3. The molecule has 4 aliphatic rings. The third kappa shape index (κ3) is 32.4. The van der Waals surface area contributed by atoms with Crippen LogP contribution in [0.5, 0.6) is 0 Å². The molecule has 16 rings (SSSR count). The number of primary amides is 2. The SMILES string of the molecule is CC(C)(C)OC(=O)N[C@H]1CCCC[C@H]1Nc1ccc(C#N)c(Br)c1.CC(C)(C)OC(=O)N[C@H]1CCCC[C@H]1Nc1ccc(C#N)c(Nc2cc(-c3ccccc3)no2)c1.CC(C)(C)OC(=O)N[C@H]1CCCC[C@H]1Nc1ccc(C(N)=O)c(Nc2cc(-c3ccccc3)no2)c1.NC(=O)c1ccc(N[C@@H]2CCCC[C@@H]2N)cc1Nc1cc(-c2ccccc2)no1.Nc1cc(-c2ccccc2)no1.OO. The van der Waals surface area contributed by atoms with Crippen molar-refractivity contribution in [2.24, 2.45) is 17.2 Å². The van der Waals surface area contributed by atoms with E-state index in [0.717, 1.165) is 151 Å². The molecule has 8 atom stereocenters. The van der Waals surface area contributed by atoms with E-state index in [4.69, 9.17) is 71.0 Å². The van der Waals surface area contributed by atoms with Gasteiger partial charge in [0.2, 0.25) is 23.5 Å². The van der Waals surface area contributed by atoms with E-state index in [9.17, 15) is 29.2 Å². The fraction of sp³-hybridized carbons (Fsp3) is 0.350. The summed E-state index contributed by atoms with van der Waals surface area (Å²) < 4.78 is 38.1. The van der Waals surface area contributed by atoms with Crippen LogP contribution in [0.1, 0.15) is 197 Å². The molecule has 0 radical (unpaired) electrons. The molecule has 0 bridgehead atoms. The molecule has 0 saturated heterocycles. The maximum Gasteiger partial charge on any atom is 0.407 e. The highest BCUT2D eigenvalue weighted by Gasteiger charge is 2.33. The monoisotopic (exact) mass is 1940 g/mol. The first-order valence-electron chi connectivity index (χ1n) is 46.0. The van der Waals surface area contributed by atoms with Crippen LogP contribution in [0.2, 0.25) is 0 Å². The first kappa shape index (κ1) is 104. The normalized spacial score (nSPS) is 17.6. The van der Waals surface area contributed by atoms with Crippen molar-refractivity contribution in [3.63, 3.8) is 0 Å². The summed E-state index contributed by atoms with van der Waals surface area (Å²) in [4.78, 5) is 60.7. The number of amides is 5. The molecule has 20 N–H and O–H groups in total. The fourth-order valence-corrected chi connectivity index (χ4v) is 16.6. The number of anilines is 11. The summed E-state index contributed by atoms with van der Waals surface area (Å²) in [6, 6.07) is 72.5. The number of nitrogens with one attached hydrogen (secondary N) is 10. The van der Waals surface area contributed by atoms with E-state index >= 15 is 0 Å². The zero-order valence-corrected chi connectivity index (χ0v) is 80.5. The van der Waals surface area contributed by atoms with E-state index in [0.29, 0.717) is 79.9 Å². The summed E-state index contributed by atoms with van der Waals surface area (Å²) in [5.74, 6) is 0.521. The number of rotatable bonds is 23. The number of nitriles is 2. The van der Waals surface area contributed by atoms with Crippen LogP contribution in [0.4, 0.5) is 77.7 Å². The summed E-state index contributed by atoms with van der Waals surface area (Å²) in [5, 5.41) is 79.2. The quantitative estimate of drug-likeness (QED) is 0.0161. The Kier molecular flexibility index (Phi) is 37.6. The van der Waals surface area contributed by atoms with Crippen LogP contribution in [-0.4, -0.2) is 126 Å². The molecule has 0 spiro atoms. The van der Waals surface area contributed by atoms with Crippen molar-refractivity contribution in [1.29, 1.82) is 10.5 Å². The number of alkyl carbamates (subject to hydrolysis) is 3. The summed E-state index contributed by atoms with van der Waals surface area (Å²) in [7, 11) is 0. The Labute approximate surface area is 811 Å². The van der Waals surface area contributed by atoms with Gasteiger partial charge in [0.15, 0.2) is 0 Å². The summed E-state index contributed by atoms with van der Waals surface area (Å²) >= 11 is 3.41. The lowest BCUT2D eigenvalue weighted by atomic mass is 9.90. The standard InChI is InChI=1S/C27H33N5O4.C27H31N5O3.C22H25N5O2.C18H24BrN3O2.C9H8N2O.H2O2/c1-27(2,3)35-26(34)31-21-12-8-7-11-20(21)29-18-13-14-19(25(28)33)23(15-18)30-24-16-22(32-36-24)17-9-5-4-6-10-17;1-27(2,3)34-26(33)31-22-12-8-7-11-21(22)29-20-14-13-19(17-28)23(15-20)30-25-16-24(32-35-25)18-9-5-4-6-10-18;23-17-8-4-5-9-18(17)25-15-10-11-16(22(24)28)20(12-15)26-21-13-19(27-29-21)14-6-2-1-3-7-14;1-18(2,3)24-17(23)22-16-7-5-4-6-15(16)21-13-9-8-12(11-20)14(19)10-13;10-9-6-8(11-12-9)7-4-2-1-3-5-7;1-2/h4-6,9-10,13-16,20-21,29-30H,7-8,11-12H2,1-3H3,(H2,28,33)(H,31,34);4-6,9-10,13-16,21-22,29-30H,7-8,11-12H2,1-3H3,(H,31,33);1-3,6-7,10-13,17-18,25-26H,4-5,8-9,23H2,(H2,24,28);8-10,15-16,21H,4-7H2,1-3H3,(H,22,23);1-6H,10H2;1-2H/t20-,21+;21-,22+;17-,18+;15-,16+;;/m1101../s1. The molecule has 726 valence electrons. The van der Waals surface area contributed by atoms with Crippen LogP contribution in [0.15, 0.2) is 241 Å². The summed E-state index contributed by atoms with van der Waals surface area (Å²) in [5.41, 5.74) is 34.8. The second kappa shape index (κ2) is 50.1. The van der Waals surface area contributed by atoms with Crippen LogP contribution in [0.25, 0.3) is 45.0 Å². The first-order chi connectivity index (χ1) is 66.2. The average molecular weight is 1950 g/mol. The van der Waals surface area contributed by atoms with E-state index in [1.54, 1.807) is 54.6 Å². The molecular weight excluding hydrogens is 1820 g/mol. The number of hydrogen-bond donors (Lipinski definition) is 16. The van der Waals surface area contributed by atoms with Crippen molar-refractivity contribution < 1.29 is 66.8 Å². The maximum atomic E-state index is 12.4. The Hall–Kier alpha value is -14.9. The molecule has 5 amide bonds. The molecular formula is C103H123BrN20O14. The molecule has 0 unspecified atom stereocenters. The molecule has 4 heterocycles. The van der Waals surface area contributed by atoms with Crippen molar-refractivity contribution in [3.05, 3.63) is 245 Å². The van der Waals surface area contributed by atoms with Gasteiger partial charge in [-0.2, -0.15) is 10.5 Å².